The summed E-state index contributed by atoms with van der Waals surface area (Å²) in [5, 5.41) is 22.9. The summed E-state index contributed by atoms with van der Waals surface area (Å²) >= 11 is 0. The summed E-state index contributed by atoms with van der Waals surface area (Å²) in [4.78, 5) is 13.4. The van der Waals surface area contributed by atoms with E-state index < -0.39 is 0 Å². The Bertz CT molecular complexity index is 1450. The second-order valence-corrected chi connectivity index (χ2v) is 9.71. The Morgan fingerprint density at radius 2 is 1.55 bits per heavy atom. The summed E-state index contributed by atoms with van der Waals surface area (Å²) in [5.41, 5.74) is 5.14. The first-order valence-corrected chi connectivity index (χ1v) is 13.3. The van der Waals surface area contributed by atoms with Crippen molar-refractivity contribution in [1.29, 1.82) is 5.26 Å². The van der Waals surface area contributed by atoms with Gasteiger partial charge >= 0.3 is 0 Å². The number of carbonyl (C=O) groups is 1. The van der Waals surface area contributed by atoms with Crippen LogP contribution in [0, 0.1) is 17.2 Å². The fourth-order valence-corrected chi connectivity index (χ4v) is 4.88. The lowest BCUT2D eigenvalue weighted by molar-refractivity contribution is 0.0898. The van der Waals surface area contributed by atoms with Gasteiger partial charge in [0.15, 0.2) is 11.5 Å². The number of aliphatic hydroxyl groups excluding tert-OH is 1. The van der Waals surface area contributed by atoms with E-state index in [0.29, 0.717) is 35.5 Å². The summed E-state index contributed by atoms with van der Waals surface area (Å²) < 4.78 is 10.8. The molecule has 40 heavy (non-hydrogen) atoms. The maximum Gasteiger partial charge on any atom is 0.251 e. The van der Waals surface area contributed by atoms with E-state index in [9.17, 15) is 15.2 Å². The average Bonchev–Trinajstić information content (AvgIpc) is 3.02. The second-order valence-electron chi connectivity index (χ2n) is 9.71. The Labute approximate surface area is 235 Å². The summed E-state index contributed by atoms with van der Waals surface area (Å²) in [7, 11) is 3.20. The Morgan fingerprint density at radius 3 is 2.23 bits per heavy atom. The number of rotatable bonds is 12. The number of carbonyl (C=O) groups excluding carboxylic acids is 1. The number of ether oxygens (including phenoxy) is 2. The molecule has 0 radical (unpaired) electrons. The molecular weight excluding hydrogens is 500 g/mol. The van der Waals surface area contributed by atoms with Crippen molar-refractivity contribution in [1.82, 2.24) is 5.32 Å². The van der Waals surface area contributed by atoms with Gasteiger partial charge in [0.25, 0.3) is 5.91 Å². The first-order chi connectivity index (χ1) is 19.5. The van der Waals surface area contributed by atoms with Crippen LogP contribution in [0.25, 0.3) is 11.1 Å². The topological polar surface area (TPSA) is 91.6 Å². The largest absolute Gasteiger partial charge is 0.493 e. The van der Waals surface area contributed by atoms with Gasteiger partial charge in [0.2, 0.25) is 0 Å². The van der Waals surface area contributed by atoms with Gasteiger partial charge in [0.1, 0.15) is 0 Å². The first kappa shape index (κ1) is 28.4. The number of hydrogen-bond donors (Lipinski definition) is 2. The van der Waals surface area contributed by atoms with Crippen LogP contribution in [0.3, 0.4) is 0 Å². The number of benzene rings is 4. The standard InChI is InChI=1S/C34H34N2O4/c1-39-32-18-16-29(21-33(32)40-2)27-12-14-28(15-13-27)34(38)36-31(17-11-24-7-4-3-5-8-24)30(23-37)20-25-9-6-10-26(19-25)22-35/h3-10,12-16,18-19,21,30-31,37H,11,17,20,23H2,1-2H3,(H,36,38). The van der Waals surface area contributed by atoms with Crippen LogP contribution in [-0.4, -0.2) is 37.9 Å². The van der Waals surface area contributed by atoms with E-state index in [4.69, 9.17) is 9.47 Å². The number of methoxy groups -OCH3 is 2. The van der Waals surface area contributed by atoms with Gasteiger partial charge in [-0.15, -0.1) is 0 Å². The summed E-state index contributed by atoms with van der Waals surface area (Å²) in [5.74, 6) is 0.883. The summed E-state index contributed by atoms with van der Waals surface area (Å²) in [6.45, 7) is -0.0885. The quantitative estimate of drug-likeness (QED) is 0.239. The molecule has 2 unspecified atom stereocenters. The molecular formula is C34H34N2O4. The molecule has 2 N–H and O–H groups in total. The molecule has 4 aromatic rings. The van der Waals surface area contributed by atoms with Crippen LogP contribution >= 0.6 is 0 Å². The lowest BCUT2D eigenvalue weighted by Crippen LogP contribution is -2.43. The third-order valence-corrected chi connectivity index (χ3v) is 7.12. The lowest BCUT2D eigenvalue weighted by atomic mass is 9.88. The van der Waals surface area contributed by atoms with Gasteiger partial charge in [-0.1, -0.05) is 60.7 Å². The number of nitriles is 1. The van der Waals surface area contributed by atoms with Crippen LogP contribution < -0.4 is 14.8 Å². The highest BCUT2D eigenvalue weighted by molar-refractivity contribution is 5.95. The minimum absolute atomic E-state index is 0.0885. The van der Waals surface area contributed by atoms with Crippen molar-refractivity contribution in [3.8, 4) is 28.7 Å². The van der Waals surface area contributed by atoms with Gasteiger partial charge in [-0.2, -0.15) is 5.26 Å². The maximum atomic E-state index is 13.4. The van der Waals surface area contributed by atoms with Gasteiger partial charge < -0.3 is 19.9 Å². The fraction of sp³-hybridized carbons (Fsp3) is 0.235. The molecule has 6 nitrogen and oxygen atoms in total. The molecule has 0 spiro atoms. The van der Waals surface area contributed by atoms with E-state index in [0.717, 1.165) is 23.1 Å². The van der Waals surface area contributed by atoms with Crippen LogP contribution in [0.4, 0.5) is 0 Å². The molecule has 0 saturated heterocycles. The van der Waals surface area contributed by atoms with Crippen molar-refractivity contribution in [2.75, 3.05) is 20.8 Å². The number of hydrogen-bond acceptors (Lipinski definition) is 5. The zero-order valence-corrected chi connectivity index (χ0v) is 22.8. The smallest absolute Gasteiger partial charge is 0.251 e. The van der Waals surface area contributed by atoms with Crippen molar-refractivity contribution in [3.05, 3.63) is 119 Å². The molecule has 6 heteroatoms. The van der Waals surface area contributed by atoms with E-state index in [1.165, 1.54) is 5.56 Å². The number of aliphatic hydroxyl groups is 1. The molecule has 0 aliphatic heterocycles. The van der Waals surface area contributed by atoms with E-state index in [1.807, 2.05) is 66.7 Å². The van der Waals surface area contributed by atoms with Crippen LogP contribution in [0.5, 0.6) is 11.5 Å². The minimum Gasteiger partial charge on any atom is -0.493 e. The zero-order chi connectivity index (χ0) is 28.3. The molecule has 1 amide bonds. The van der Waals surface area contributed by atoms with Crippen LogP contribution in [-0.2, 0) is 12.8 Å². The predicted octanol–water partition coefficient (Wildman–Crippen LogP) is 5.82. The number of amides is 1. The molecule has 0 heterocycles. The third kappa shape index (κ3) is 7.28. The van der Waals surface area contributed by atoms with Gasteiger partial charge in [-0.05, 0) is 77.9 Å². The Kier molecular flexibility index (Phi) is 9.93. The highest BCUT2D eigenvalue weighted by Crippen LogP contribution is 2.32. The van der Waals surface area contributed by atoms with Crippen LogP contribution in [0.2, 0.25) is 0 Å². The molecule has 4 rings (SSSR count). The fourth-order valence-electron chi connectivity index (χ4n) is 4.88. The minimum atomic E-state index is -0.269. The Hall–Kier alpha value is -4.60. The van der Waals surface area contributed by atoms with Gasteiger partial charge in [-0.25, -0.2) is 0 Å². The van der Waals surface area contributed by atoms with Crippen LogP contribution in [0.15, 0.2) is 97.1 Å². The van der Waals surface area contributed by atoms with E-state index >= 15 is 0 Å². The highest BCUT2D eigenvalue weighted by Gasteiger charge is 2.24. The lowest BCUT2D eigenvalue weighted by Gasteiger charge is -2.27. The molecule has 204 valence electrons. The predicted molar refractivity (Wildman–Crippen MR) is 156 cm³/mol. The van der Waals surface area contributed by atoms with Crippen molar-refractivity contribution in [2.45, 2.75) is 25.3 Å². The summed E-state index contributed by atoms with van der Waals surface area (Å²) in [6.07, 6.45) is 1.98. The Morgan fingerprint density at radius 1 is 0.850 bits per heavy atom. The monoisotopic (exact) mass is 534 g/mol. The molecule has 2 atom stereocenters. The van der Waals surface area contributed by atoms with Crippen molar-refractivity contribution in [3.63, 3.8) is 0 Å². The van der Waals surface area contributed by atoms with E-state index in [1.54, 1.807) is 32.4 Å². The van der Waals surface area contributed by atoms with Gasteiger partial charge in [-0.3, -0.25) is 4.79 Å². The SMILES string of the molecule is COc1ccc(-c2ccc(C(=O)NC(CCc3ccccc3)C(CO)Cc3cccc(C#N)c3)cc2)cc1OC. The van der Waals surface area contributed by atoms with Crippen molar-refractivity contribution >= 4 is 5.91 Å². The molecule has 0 aliphatic rings. The highest BCUT2D eigenvalue weighted by atomic mass is 16.5. The molecule has 0 saturated carbocycles. The van der Waals surface area contributed by atoms with Crippen LogP contribution in [0.1, 0.15) is 33.5 Å². The molecule has 0 aliphatic carbocycles. The average molecular weight is 535 g/mol. The molecule has 0 aromatic heterocycles. The van der Waals surface area contributed by atoms with Crippen molar-refractivity contribution in [2.24, 2.45) is 5.92 Å². The Balaban J connectivity index is 1.52. The number of nitrogens with zero attached hydrogens (tertiary/aromatic N) is 1. The third-order valence-electron chi connectivity index (χ3n) is 7.12. The molecule has 4 aromatic carbocycles. The zero-order valence-electron chi connectivity index (χ0n) is 22.8. The molecule has 0 fully saturated rings. The first-order valence-electron chi connectivity index (χ1n) is 13.3. The van der Waals surface area contributed by atoms with Gasteiger partial charge in [0.05, 0.1) is 25.9 Å². The number of nitrogens with one attached hydrogen (secondary N) is 1. The van der Waals surface area contributed by atoms with E-state index in [-0.39, 0.29) is 24.5 Å². The second kappa shape index (κ2) is 14.0. The van der Waals surface area contributed by atoms with E-state index in [2.05, 4.69) is 23.5 Å². The van der Waals surface area contributed by atoms with Gasteiger partial charge in [0, 0.05) is 24.1 Å². The normalized spacial score (nSPS) is 12.2. The van der Waals surface area contributed by atoms with Crippen molar-refractivity contribution < 1.29 is 19.4 Å². The maximum absolute atomic E-state index is 13.4. The summed E-state index contributed by atoms with van der Waals surface area (Å²) in [6, 6.07) is 32.5. The number of aryl methyl sites for hydroxylation is 1. The molecule has 0 bridgehead atoms.